The van der Waals surface area contributed by atoms with Gasteiger partial charge in [0.1, 0.15) is 0 Å². The van der Waals surface area contributed by atoms with E-state index in [1.165, 1.54) is 0 Å². The number of halogens is 7. The number of hydrogen-bond donors (Lipinski definition) is 0. The van der Waals surface area contributed by atoms with Gasteiger partial charge in [0.2, 0.25) is 0 Å². The molecular formula is C5H4BrF6N. The topological polar surface area (TPSA) is 3.24 Å². The van der Waals surface area contributed by atoms with Crippen LogP contribution in [0.3, 0.4) is 0 Å². The Balaban J connectivity index is 4.90. The molecule has 13 heavy (non-hydrogen) atoms. The highest BCUT2D eigenvalue weighted by Crippen LogP contribution is 2.34. The maximum atomic E-state index is 11.7. The van der Waals surface area contributed by atoms with Crippen LogP contribution in [0.4, 0.5) is 26.3 Å². The molecule has 0 spiro atoms. The zero-order chi connectivity index (χ0) is 10.9. The third kappa shape index (κ3) is 4.39. The summed E-state index contributed by atoms with van der Waals surface area (Å²) in [4.78, 5) is -1.63. The lowest BCUT2D eigenvalue weighted by atomic mass is 10.6. The van der Waals surface area contributed by atoms with Crippen molar-refractivity contribution in [2.24, 2.45) is 0 Å². The van der Waals surface area contributed by atoms with E-state index in [1.807, 2.05) is 0 Å². The highest BCUT2D eigenvalue weighted by Gasteiger charge is 2.51. The third-order valence-corrected chi connectivity index (χ3v) is 1.06. The maximum Gasteiger partial charge on any atom is 0.491 e. The summed E-state index contributed by atoms with van der Waals surface area (Å²) in [6.07, 6.45) is -11.0. The van der Waals surface area contributed by atoms with Crippen LogP contribution in [0.2, 0.25) is 0 Å². The van der Waals surface area contributed by atoms with E-state index in [9.17, 15) is 26.3 Å². The van der Waals surface area contributed by atoms with Crippen molar-refractivity contribution >= 4 is 15.9 Å². The molecule has 0 saturated heterocycles. The molecule has 0 aromatic rings. The summed E-state index contributed by atoms with van der Waals surface area (Å²) in [6.45, 7) is 1.06. The fraction of sp³-hybridized carbons (Fsp3) is 0.600. The van der Waals surface area contributed by atoms with E-state index >= 15 is 0 Å². The minimum atomic E-state index is -5.46. The molecule has 8 heteroatoms. The fourth-order valence-corrected chi connectivity index (χ4v) is 0.673. The first-order chi connectivity index (χ1) is 5.55. The standard InChI is InChI=1S/C5H4BrF6N/c1-3(6)2-13(4(7,8)9)5(10,11)12/h2H,1H3/b3-2-. The van der Waals surface area contributed by atoms with Gasteiger partial charge >= 0.3 is 12.6 Å². The van der Waals surface area contributed by atoms with Gasteiger partial charge in [0.15, 0.2) is 0 Å². The summed E-state index contributed by atoms with van der Waals surface area (Å²) in [5, 5.41) is 0. The predicted octanol–water partition coefficient (Wildman–Crippen LogP) is 3.58. The summed E-state index contributed by atoms with van der Waals surface area (Å²) in [7, 11) is 0. The summed E-state index contributed by atoms with van der Waals surface area (Å²) in [6, 6.07) is 0. The average molecular weight is 272 g/mol. The van der Waals surface area contributed by atoms with Crippen LogP contribution in [-0.4, -0.2) is 17.5 Å². The maximum absolute atomic E-state index is 11.7. The van der Waals surface area contributed by atoms with Crippen molar-refractivity contribution in [1.29, 1.82) is 0 Å². The zero-order valence-electron chi connectivity index (χ0n) is 6.17. The number of hydrogen-bond acceptors (Lipinski definition) is 1. The van der Waals surface area contributed by atoms with Crippen LogP contribution in [0.5, 0.6) is 0 Å². The van der Waals surface area contributed by atoms with Crippen molar-refractivity contribution in [3.63, 3.8) is 0 Å². The van der Waals surface area contributed by atoms with Crippen LogP contribution < -0.4 is 0 Å². The van der Waals surface area contributed by atoms with Crippen LogP contribution >= 0.6 is 15.9 Å². The molecular weight excluding hydrogens is 268 g/mol. The normalized spacial score (nSPS) is 14.6. The quantitative estimate of drug-likeness (QED) is 0.521. The summed E-state index contributed by atoms with van der Waals surface area (Å²) in [5.41, 5.74) is 0. The van der Waals surface area contributed by atoms with E-state index < -0.39 is 17.5 Å². The van der Waals surface area contributed by atoms with Gasteiger partial charge in [0.05, 0.1) is 0 Å². The van der Waals surface area contributed by atoms with Gasteiger partial charge in [-0.3, -0.25) is 0 Å². The van der Waals surface area contributed by atoms with E-state index in [1.54, 1.807) is 0 Å². The summed E-state index contributed by atoms with van der Waals surface area (Å²) < 4.78 is 70.0. The lowest BCUT2D eigenvalue weighted by Crippen LogP contribution is -2.44. The Hall–Kier alpha value is -0.400. The molecule has 0 saturated carbocycles. The minimum Gasteiger partial charge on any atom is -0.200 e. The first kappa shape index (κ1) is 12.6. The lowest BCUT2D eigenvalue weighted by Gasteiger charge is -2.25. The lowest BCUT2D eigenvalue weighted by molar-refractivity contribution is -0.354. The van der Waals surface area contributed by atoms with Gasteiger partial charge in [-0.05, 0) is 6.92 Å². The van der Waals surface area contributed by atoms with Crippen LogP contribution in [-0.2, 0) is 0 Å². The molecule has 0 rings (SSSR count). The Labute approximate surface area is 78.1 Å². The van der Waals surface area contributed by atoms with Gasteiger partial charge in [0.25, 0.3) is 0 Å². The van der Waals surface area contributed by atoms with Crippen molar-refractivity contribution in [2.45, 2.75) is 19.5 Å². The molecule has 0 bridgehead atoms. The number of nitrogens with zero attached hydrogens (tertiary/aromatic N) is 1. The Morgan fingerprint density at radius 1 is 1.08 bits per heavy atom. The Morgan fingerprint density at radius 2 is 1.38 bits per heavy atom. The molecule has 0 N–H and O–H groups in total. The Morgan fingerprint density at radius 3 is 1.46 bits per heavy atom. The van der Waals surface area contributed by atoms with Crippen molar-refractivity contribution < 1.29 is 26.3 Å². The second-order valence-electron chi connectivity index (χ2n) is 2.02. The van der Waals surface area contributed by atoms with Crippen LogP contribution in [0.15, 0.2) is 10.7 Å². The molecule has 0 aliphatic heterocycles. The molecule has 0 aliphatic rings. The Kier molecular flexibility index (Phi) is 3.65. The van der Waals surface area contributed by atoms with Crippen molar-refractivity contribution in [2.75, 3.05) is 0 Å². The summed E-state index contributed by atoms with van der Waals surface area (Å²) >= 11 is 2.48. The predicted molar refractivity (Wildman–Crippen MR) is 36.6 cm³/mol. The van der Waals surface area contributed by atoms with E-state index in [4.69, 9.17) is 0 Å². The largest absolute Gasteiger partial charge is 0.491 e. The molecule has 0 heterocycles. The van der Waals surface area contributed by atoms with Gasteiger partial charge in [-0.2, -0.15) is 4.90 Å². The number of rotatable bonds is 1. The second-order valence-corrected chi connectivity index (χ2v) is 3.27. The zero-order valence-corrected chi connectivity index (χ0v) is 7.76. The second kappa shape index (κ2) is 3.77. The van der Waals surface area contributed by atoms with Crippen LogP contribution in [0.1, 0.15) is 6.92 Å². The molecule has 78 valence electrons. The molecule has 0 amide bonds. The van der Waals surface area contributed by atoms with Crippen LogP contribution in [0.25, 0.3) is 0 Å². The summed E-state index contributed by atoms with van der Waals surface area (Å²) in [5.74, 6) is 0. The molecule has 0 aromatic carbocycles. The van der Waals surface area contributed by atoms with Gasteiger partial charge in [0, 0.05) is 10.7 Å². The van der Waals surface area contributed by atoms with Crippen LogP contribution in [0, 0.1) is 0 Å². The molecule has 0 unspecified atom stereocenters. The molecule has 1 nitrogen and oxygen atoms in total. The van der Waals surface area contributed by atoms with Gasteiger partial charge in [-0.1, -0.05) is 15.9 Å². The monoisotopic (exact) mass is 271 g/mol. The van der Waals surface area contributed by atoms with Gasteiger partial charge in [-0.15, -0.1) is 26.3 Å². The smallest absolute Gasteiger partial charge is 0.200 e. The van der Waals surface area contributed by atoms with E-state index in [2.05, 4.69) is 15.9 Å². The highest BCUT2D eigenvalue weighted by atomic mass is 79.9. The van der Waals surface area contributed by atoms with E-state index in [-0.39, 0.29) is 10.7 Å². The average Bonchev–Trinajstić information content (AvgIpc) is 1.77. The highest BCUT2D eigenvalue weighted by molar-refractivity contribution is 9.11. The van der Waals surface area contributed by atoms with Crippen molar-refractivity contribution in [3.05, 3.63) is 10.7 Å². The Bertz CT molecular complexity index is 186. The minimum absolute atomic E-state index is 0.0833. The van der Waals surface area contributed by atoms with Crippen molar-refractivity contribution in [3.8, 4) is 0 Å². The molecule has 0 fully saturated rings. The molecule has 0 atom stereocenters. The number of alkyl halides is 6. The number of allylic oxidation sites excluding steroid dienone is 1. The first-order valence-corrected chi connectivity index (χ1v) is 3.61. The molecule has 0 radical (unpaired) electrons. The first-order valence-electron chi connectivity index (χ1n) is 2.82. The molecule has 0 aromatic heterocycles. The van der Waals surface area contributed by atoms with E-state index in [0.717, 1.165) is 6.92 Å². The SMILES string of the molecule is C/C(Br)=C/N(C(F)(F)F)C(F)(F)F. The third-order valence-electron chi connectivity index (χ3n) is 0.853. The van der Waals surface area contributed by atoms with E-state index in [0.29, 0.717) is 0 Å². The fourth-order valence-electron chi connectivity index (χ4n) is 0.468. The van der Waals surface area contributed by atoms with Gasteiger partial charge < -0.3 is 0 Å². The molecule has 0 aliphatic carbocycles. The van der Waals surface area contributed by atoms with Gasteiger partial charge in [-0.25, -0.2) is 0 Å². The van der Waals surface area contributed by atoms with Crippen molar-refractivity contribution in [1.82, 2.24) is 4.90 Å².